The molecule has 0 aliphatic rings. The summed E-state index contributed by atoms with van der Waals surface area (Å²) in [5.74, 6) is 0.101. The smallest absolute Gasteiger partial charge is 0.173 e. The molecular weight excluding hydrogens is 322 g/mol. The molecule has 0 bridgehead atoms. The molecule has 0 spiro atoms. The van der Waals surface area contributed by atoms with Gasteiger partial charge in [-0.1, -0.05) is 42.5 Å². The van der Waals surface area contributed by atoms with E-state index in [1.54, 1.807) is 23.1 Å². The van der Waals surface area contributed by atoms with Gasteiger partial charge in [0.25, 0.3) is 0 Å². The fraction of sp³-hybridized carbons (Fsp3) is 0.250. The van der Waals surface area contributed by atoms with Gasteiger partial charge in [-0.2, -0.15) is 0 Å². The first-order valence-corrected chi connectivity index (χ1v) is 8.61. The van der Waals surface area contributed by atoms with E-state index in [0.717, 1.165) is 11.3 Å². The van der Waals surface area contributed by atoms with E-state index in [9.17, 15) is 13.9 Å². The number of hydrogen-bond donors (Lipinski definition) is 2. The Labute approximate surface area is 137 Å². The van der Waals surface area contributed by atoms with Crippen molar-refractivity contribution in [3.8, 4) is 0 Å². The minimum atomic E-state index is -1.95. The first kappa shape index (κ1) is 17.0. The van der Waals surface area contributed by atoms with E-state index >= 15 is 0 Å². The van der Waals surface area contributed by atoms with E-state index in [1.165, 1.54) is 0 Å². The molecule has 0 amide bonds. The summed E-state index contributed by atoms with van der Waals surface area (Å²) in [5, 5.41) is 9.85. The van der Waals surface area contributed by atoms with Crippen LogP contribution in [0, 0.1) is 0 Å². The highest BCUT2D eigenvalue weighted by atomic mass is 35.5. The van der Waals surface area contributed by atoms with Crippen LogP contribution in [0.15, 0.2) is 54.6 Å². The maximum Gasteiger partial charge on any atom is 0.173 e. The third-order valence-electron chi connectivity index (χ3n) is 3.25. The monoisotopic (exact) mass is 339 g/mol. The molecule has 2 atom stereocenters. The van der Waals surface area contributed by atoms with Crippen LogP contribution in [-0.2, 0) is 17.6 Å². The molecule has 22 heavy (non-hydrogen) atoms. The highest BCUT2D eigenvalue weighted by Gasteiger charge is 2.13. The number of hydrogen-bond acceptors (Lipinski definition) is 3. The lowest BCUT2D eigenvalue weighted by Gasteiger charge is -2.24. The molecule has 2 aromatic carbocycles. The molecule has 4 nitrogen and oxygen atoms in total. The maximum absolute atomic E-state index is 11.2. The summed E-state index contributed by atoms with van der Waals surface area (Å²) in [6.45, 7) is 0.508. The second kappa shape index (κ2) is 8.29. The maximum atomic E-state index is 11.2. The lowest BCUT2D eigenvalue weighted by molar-refractivity contribution is 0.202. The third-order valence-corrected chi connectivity index (χ3v) is 4.07. The van der Waals surface area contributed by atoms with Crippen LogP contribution in [0.3, 0.4) is 0 Å². The Kier molecular flexibility index (Phi) is 6.39. The van der Waals surface area contributed by atoms with Crippen molar-refractivity contribution < 1.29 is 13.9 Å². The van der Waals surface area contributed by atoms with Gasteiger partial charge in [-0.15, -0.1) is 11.6 Å². The minimum absolute atomic E-state index is 0.00464. The highest BCUT2D eigenvalue weighted by Crippen LogP contribution is 2.23. The lowest BCUT2D eigenvalue weighted by atomic mass is 10.1. The molecule has 118 valence electrons. The van der Waals surface area contributed by atoms with Crippen LogP contribution in [0.2, 0.25) is 0 Å². The molecule has 6 heteroatoms. The molecule has 0 aliphatic carbocycles. The lowest BCUT2D eigenvalue weighted by Crippen LogP contribution is -2.26. The summed E-state index contributed by atoms with van der Waals surface area (Å²) in [5.41, 5.74) is 2.50. The van der Waals surface area contributed by atoms with Crippen molar-refractivity contribution in [2.75, 3.05) is 16.7 Å². The third kappa shape index (κ3) is 4.81. The number of benzene rings is 2. The van der Waals surface area contributed by atoms with Crippen molar-refractivity contribution in [1.82, 2.24) is 0 Å². The number of anilines is 1. The summed E-state index contributed by atoms with van der Waals surface area (Å²) in [7, 11) is 0. The van der Waals surface area contributed by atoms with E-state index < -0.39 is 17.2 Å². The van der Waals surface area contributed by atoms with Crippen LogP contribution >= 0.6 is 11.6 Å². The average Bonchev–Trinajstić information content (AvgIpc) is 2.54. The number of rotatable bonds is 7. The molecule has 0 aromatic heterocycles. The minimum Gasteiger partial charge on any atom is -0.387 e. The fourth-order valence-electron chi connectivity index (χ4n) is 2.17. The van der Waals surface area contributed by atoms with Crippen molar-refractivity contribution in [3.05, 3.63) is 65.7 Å². The summed E-state index contributed by atoms with van der Waals surface area (Å²) in [6, 6.07) is 16.9. The van der Waals surface area contributed by atoms with Crippen LogP contribution < -0.4 is 4.90 Å². The van der Waals surface area contributed by atoms with Gasteiger partial charge in [-0.05, 0) is 23.3 Å². The van der Waals surface area contributed by atoms with E-state index in [0.29, 0.717) is 12.1 Å². The molecule has 2 N–H and O–H groups in total. The Morgan fingerprint density at radius 2 is 1.86 bits per heavy atom. The van der Waals surface area contributed by atoms with Crippen LogP contribution in [0.5, 0.6) is 0 Å². The van der Waals surface area contributed by atoms with E-state index in [2.05, 4.69) is 0 Å². The molecule has 0 saturated carbocycles. The molecule has 2 rings (SSSR count). The zero-order valence-electron chi connectivity index (χ0n) is 11.9. The number of aliphatic hydroxyl groups excluding tert-OH is 1. The molecule has 1 unspecified atom stereocenters. The van der Waals surface area contributed by atoms with Gasteiger partial charge in [0.1, 0.15) is 5.88 Å². The van der Waals surface area contributed by atoms with Gasteiger partial charge in [0, 0.05) is 12.2 Å². The molecular formula is C16H18ClNO3S. The number of halogens is 1. The quantitative estimate of drug-likeness (QED) is 0.601. The van der Waals surface area contributed by atoms with E-state index in [-0.39, 0.29) is 11.8 Å². The Balaban J connectivity index is 2.27. The predicted molar refractivity (Wildman–Crippen MR) is 90.4 cm³/mol. The summed E-state index contributed by atoms with van der Waals surface area (Å²) >= 11 is 3.73. The van der Waals surface area contributed by atoms with Gasteiger partial charge in [0.05, 0.1) is 12.0 Å². The first-order chi connectivity index (χ1) is 10.6. The zero-order chi connectivity index (χ0) is 15.9. The van der Waals surface area contributed by atoms with Crippen LogP contribution in [0.25, 0.3) is 0 Å². The molecule has 2 aromatic rings. The molecule has 0 radical (unpaired) electrons. The molecule has 0 saturated heterocycles. The van der Waals surface area contributed by atoms with E-state index in [4.69, 9.17) is 11.6 Å². The Morgan fingerprint density at radius 3 is 2.50 bits per heavy atom. The van der Waals surface area contributed by atoms with Crippen LogP contribution in [0.1, 0.15) is 17.2 Å². The number of aliphatic hydroxyl groups is 1. The van der Waals surface area contributed by atoms with Crippen molar-refractivity contribution in [2.24, 2.45) is 0 Å². The largest absolute Gasteiger partial charge is 0.387 e. The van der Waals surface area contributed by atoms with Crippen molar-refractivity contribution >= 4 is 28.4 Å². The topological polar surface area (TPSA) is 60.8 Å². The standard InChI is InChI=1S/C16H18ClNO3S/c17-10-16(19)14-7-4-8-15(9-14)18(12-22(20)21)11-13-5-2-1-3-6-13/h1-9,16,19H,10-12H2,(H,20,21)/t16-/m0/s1. The zero-order valence-corrected chi connectivity index (χ0v) is 13.5. The Bertz CT molecular complexity index is 624. The normalized spacial score (nSPS) is 13.6. The second-order valence-corrected chi connectivity index (χ2v) is 6.11. The molecule has 0 fully saturated rings. The summed E-state index contributed by atoms with van der Waals surface area (Å²) in [4.78, 5) is 1.80. The van der Waals surface area contributed by atoms with Gasteiger partial charge in [0.2, 0.25) is 0 Å². The average molecular weight is 340 g/mol. The summed E-state index contributed by atoms with van der Waals surface area (Å²) in [6.07, 6.45) is -0.750. The SMILES string of the molecule is O=S(O)CN(Cc1ccccc1)c1cccc([C@@H](O)CCl)c1. The summed E-state index contributed by atoms with van der Waals surface area (Å²) < 4.78 is 20.5. The van der Waals surface area contributed by atoms with Gasteiger partial charge in [-0.3, -0.25) is 0 Å². The predicted octanol–water partition coefficient (Wildman–Crippen LogP) is 3.14. The van der Waals surface area contributed by atoms with E-state index in [1.807, 2.05) is 36.4 Å². The Morgan fingerprint density at radius 1 is 1.14 bits per heavy atom. The number of nitrogens with zero attached hydrogens (tertiary/aromatic N) is 1. The van der Waals surface area contributed by atoms with Crippen molar-refractivity contribution in [3.63, 3.8) is 0 Å². The van der Waals surface area contributed by atoms with Crippen LogP contribution in [0.4, 0.5) is 5.69 Å². The Hall–Kier alpha value is -1.40. The second-order valence-electron chi connectivity index (χ2n) is 4.90. The fourth-order valence-corrected chi connectivity index (χ4v) is 2.85. The molecule has 0 aliphatic heterocycles. The van der Waals surface area contributed by atoms with Gasteiger partial charge < -0.3 is 14.6 Å². The molecule has 0 heterocycles. The van der Waals surface area contributed by atoms with Gasteiger partial charge >= 0.3 is 0 Å². The number of alkyl halides is 1. The van der Waals surface area contributed by atoms with Crippen molar-refractivity contribution in [2.45, 2.75) is 12.6 Å². The van der Waals surface area contributed by atoms with Gasteiger partial charge in [0.15, 0.2) is 11.1 Å². The van der Waals surface area contributed by atoms with Gasteiger partial charge in [-0.25, -0.2) is 4.21 Å². The first-order valence-electron chi connectivity index (χ1n) is 6.80. The van der Waals surface area contributed by atoms with Crippen LogP contribution in [-0.4, -0.2) is 25.6 Å². The highest BCUT2D eigenvalue weighted by molar-refractivity contribution is 7.79. The van der Waals surface area contributed by atoms with Crippen molar-refractivity contribution in [1.29, 1.82) is 0 Å².